The average Bonchev–Trinajstić information content (AvgIpc) is 2.16. The number of rotatable bonds is 5. The van der Waals surface area contributed by atoms with Crippen molar-refractivity contribution in [2.45, 2.75) is 45.1 Å². The van der Waals surface area contributed by atoms with E-state index >= 15 is 0 Å². The van der Waals surface area contributed by atoms with Crippen LogP contribution >= 0.6 is 11.6 Å². The van der Waals surface area contributed by atoms with Gasteiger partial charge in [-0.05, 0) is 56.9 Å². The first kappa shape index (κ1) is 13.5. The number of unbranched alkanes of at least 4 members (excludes halogenated alkanes) is 1. The lowest BCUT2D eigenvalue weighted by atomic mass is 9.99. The van der Waals surface area contributed by atoms with Crippen LogP contribution in [0.3, 0.4) is 0 Å². The van der Waals surface area contributed by atoms with Crippen LogP contribution in [-0.4, -0.2) is 10.7 Å². The van der Waals surface area contributed by atoms with Crippen LogP contribution in [0.1, 0.15) is 38.7 Å². The van der Waals surface area contributed by atoms with Gasteiger partial charge in [0.25, 0.3) is 0 Å². The van der Waals surface area contributed by atoms with E-state index in [1.165, 1.54) is 6.07 Å². The largest absolute Gasteiger partial charge is 0.390 e. The van der Waals surface area contributed by atoms with Crippen molar-refractivity contribution >= 4 is 11.6 Å². The molecule has 0 aliphatic carbocycles. The van der Waals surface area contributed by atoms with E-state index in [1.807, 2.05) is 0 Å². The first-order valence-electron chi connectivity index (χ1n) is 5.55. The van der Waals surface area contributed by atoms with Crippen molar-refractivity contribution in [3.8, 4) is 0 Å². The third kappa shape index (κ3) is 4.95. The molecule has 90 valence electrons. The molecule has 0 aliphatic heterocycles. The van der Waals surface area contributed by atoms with E-state index in [2.05, 4.69) is 0 Å². The molecule has 16 heavy (non-hydrogen) atoms. The number of aliphatic hydroxyl groups is 1. The molecule has 1 aromatic rings. The fourth-order valence-corrected chi connectivity index (χ4v) is 1.80. The van der Waals surface area contributed by atoms with Gasteiger partial charge in [0.05, 0.1) is 5.60 Å². The van der Waals surface area contributed by atoms with Gasteiger partial charge >= 0.3 is 0 Å². The Morgan fingerprint density at radius 1 is 1.31 bits per heavy atom. The number of hydrogen-bond acceptors (Lipinski definition) is 1. The molecule has 0 bridgehead atoms. The standard InChI is InChI=1S/C13H18ClFO/c1-13(2,16)8-4-3-5-10-9-11(14)6-7-12(10)15/h6-7,9,16H,3-5,8H2,1-2H3. The summed E-state index contributed by atoms with van der Waals surface area (Å²) in [5.74, 6) is -0.201. The van der Waals surface area contributed by atoms with E-state index in [9.17, 15) is 9.50 Å². The molecule has 0 amide bonds. The van der Waals surface area contributed by atoms with Crippen molar-refractivity contribution in [2.75, 3.05) is 0 Å². The van der Waals surface area contributed by atoms with Gasteiger partial charge in [-0.25, -0.2) is 4.39 Å². The van der Waals surface area contributed by atoms with Crippen molar-refractivity contribution in [3.63, 3.8) is 0 Å². The summed E-state index contributed by atoms with van der Waals surface area (Å²) in [5.41, 5.74) is 0.0237. The molecular weight excluding hydrogens is 227 g/mol. The minimum atomic E-state index is -0.632. The summed E-state index contributed by atoms with van der Waals surface area (Å²) >= 11 is 5.80. The second-order valence-corrected chi connectivity index (χ2v) is 5.19. The zero-order valence-corrected chi connectivity index (χ0v) is 10.5. The average molecular weight is 245 g/mol. The Bertz CT molecular complexity index is 344. The van der Waals surface area contributed by atoms with Gasteiger partial charge < -0.3 is 5.11 Å². The maximum atomic E-state index is 13.3. The second-order valence-electron chi connectivity index (χ2n) is 4.76. The third-order valence-electron chi connectivity index (χ3n) is 2.49. The molecule has 3 heteroatoms. The van der Waals surface area contributed by atoms with Crippen molar-refractivity contribution in [1.29, 1.82) is 0 Å². The number of benzene rings is 1. The smallest absolute Gasteiger partial charge is 0.126 e. The predicted molar refractivity (Wildman–Crippen MR) is 65.3 cm³/mol. The SMILES string of the molecule is CC(C)(O)CCCCc1cc(Cl)ccc1F. The molecule has 0 saturated carbocycles. The molecule has 0 spiro atoms. The van der Waals surface area contributed by atoms with Crippen LogP contribution in [0.5, 0.6) is 0 Å². The van der Waals surface area contributed by atoms with Gasteiger partial charge in [0.1, 0.15) is 5.82 Å². The van der Waals surface area contributed by atoms with E-state index in [-0.39, 0.29) is 5.82 Å². The van der Waals surface area contributed by atoms with Gasteiger partial charge in [0, 0.05) is 5.02 Å². The third-order valence-corrected chi connectivity index (χ3v) is 2.73. The number of halogens is 2. The Labute approximate surface area is 101 Å². The van der Waals surface area contributed by atoms with E-state index in [0.717, 1.165) is 19.3 Å². The summed E-state index contributed by atoms with van der Waals surface area (Å²) in [6.07, 6.45) is 3.15. The van der Waals surface area contributed by atoms with E-state index in [0.29, 0.717) is 17.0 Å². The zero-order valence-electron chi connectivity index (χ0n) is 9.76. The van der Waals surface area contributed by atoms with Crippen molar-refractivity contribution in [2.24, 2.45) is 0 Å². The monoisotopic (exact) mass is 244 g/mol. The fraction of sp³-hybridized carbons (Fsp3) is 0.538. The zero-order chi connectivity index (χ0) is 12.2. The van der Waals surface area contributed by atoms with Crippen LogP contribution in [0.15, 0.2) is 18.2 Å². The Hall–Kier alpha value is -0.600. The van der Waals surface area contributed by atoms with Crippen LogP contribution < -0.4 is 0 Å². The molecule has 0 aromatic heterocycles. The maximum Gasteiger partial charge on any atom is 0.126 e. The number of aryl methyl sites for hydroxylation is 1. The highest BCUT2D eigenvalue weighted by atomic mass is 35.5. The molecule has 1 aromatic carbocycles. The molecule has 0 fully saturated rings. The van der Waals surface area contributed by atoms with Crippen LogP contribution in [0.4, 0.5) is 4.39 Å². The van der Waals surface area contributed by atoms with Crippen molar-refractivity contribution in [3.05, 3.63) is 34.6 Å². The lowest BCUT2D eigenvalue weighted by molar-refractivity contribution is 0.0682. The predicted octanol–water partition coefficient (Wildman–Crippen LogP) is 3.96. The van der Waals surface area contributed by atoms with Crippen LogP contribution in [0.2, 0.25) is 5.02 Å². The van der Waals surface area contributed by atoms with Gasteiger partial charge in [-0.3, -0.25) is 0 Å². The Morgan fingerprint density at radius 3 is 2.62 bits per heavy atom. The summed E-state index contributed by atoms with van der Waals surface area (Å²) in [6.45, 7) is 3.57. The van der Waals surface area contributed by atoms with Gasteiger partial charge in [-0.2, -0.15) is 0 Å². The summed E-state index contributed by atoms with van der Waals surface area (Å²) in [7, 11) is 0. The lowest BCUT2D eigenvalue weighted by Crippen LogP contribution is -2.17. The van der Waals surface area contributed by atoms with Gasteiger partial charge in [-0.1, -0.05) is 18.0 Å². The van der Waals surface area contributed by atoms with Crippen molar-refractivity contribution in [1.82, 2.24) is 0 Å². The maximum absolute atomic E-state index is 13.3. The van der Waals surface area contributed by atoms with E-state index in [1.54, 1.807) is 26.0 Å². The highest BCUT2D eigenvalue weighted by molar-refractivity contribution is 6.30. The molecule has 0 saturated heterocycles. The summed E-state index contributed by atoms with van der Waals surface area (Å²) in [4.78, 5) is 0. The Balaban J connectivity index is 2.40. The summed E-state index contributed by atoms with van der Waals surface area (Å²) in [6, 6.07) is 4.62. The summed E-state index contributed by atoms with van der Waals surface area (Å²) in [5, 5.41) is 10.1. The Morgan fingerprint density at radius 2 is 2.00 bits per heavy atom. The minimum absolute atomic E-state index is 0.201. The van der Waals surface area contributed by atoms with Crippen LogP contribution in [-0.2, 0) is 6.42 Å². The van der Waals surface area contributed by atoms with Crippen LogP contribution in [0.25, 0.3) is 0 Å². The fourth-order valence-electron chi connectivity index (χ4n) is 1.61. The highest BCUT2D eigenvalue weighted by Gasteiger charge is 2.11. The summed E-state index contributed by atoms with van der Waals surface area (Å²) < 4.78 is 13.3. The topological polar surface area (TPSA) is 20.2 Å². The molecule has 1 rings (SSSR count). The molecule has 1 N–H and O–H groups in total. The first-order valence-corrected chi connectivity index (χ1v) is 5.92. The quantitative estimate of drug-likeness (QED) is 0.778. The van der Waals surface area contributed by atoms with E-state index in [4.69, 9.17) is 11.6 Å². The van der Waals surface area contributed by atoms with Crippen LogP contribution in [0, 0.1) is 5.82 Å². The molecule has 0 unspecified atom stereocenters. The minimum Gasteiger partial charge on any atom is -0.390 e. The Kier molecular flexibility index (Phi) is 4.75. The van der Waals surface area contributed by atoms with E-state index < -0.39 is 5.60 Å². The lowest BCUT2D eigenvalue weighted by Gasteiger charge is -2.16. The molecule has 0 atom stereocenters. The molecule has 0 aliphatic rings. The van der Waals surface area contributed by atoms with Gasteiger partial charge in [0.15, 0.2) is 0 Å². The van der Waals surface area contributed by atoms with Gasteiger partial charge in [0.2, 0.25) is 0 Å². The normalized spacial score (nSPS) is 11.8. The molecule has 1 nitrogen and oxygen atoms in total. The highest BCUT2D eigenvalue weighted by Crippen LogP contribution is 2.18. The second kappa shape index (κ2) is 5.65. The van der Waals surface area contributed by atoms with Gasteiger partial charge in [-0.15, -0.1) is 0 Å². The molecule has 0 radical (unpaired) electrons. The van der Waals surface area contributed by atoms with Crippen molar-refractivity contribution < 1.29 is 9.50 Å². The molecule has 0 heterocycles. The first-order chi connectivity index (χ1) is 7.38. The number of hydrogen-bond donors (Lipinski definition) is 1. The molecular formula is C13H18ClFO.